The van der Waals surface area contributed by atoms with E-state index in [1.165, 1.54) is 5.56 Å². The van der Waals surface area contributed by atoms with Gasteiger partial charge in [-0.1, -0.05) is 37.3 Å². The Bertz CT molecular complexity index is 408. The fraction of sp³-hybridized carbons (Fsp3) is 0.562. The van der Waals surface area contributed by atoms with Crippen LogP contribution in [0.15, 0.2) is 30.3 Å². The molecule has 112 valence electrons. The van der Waals surface area contributed by atoms with Crippen molar-refractivity contribution in [1.82, 2.24) is 4.90 Å². The predicted octanol–water partition coefficient (Wildman–Crippen LogP) is 2.13. The molecule has 0 aliphatic rings. The molecule has 1 unspecified atom stereocenters. The number of nitrogens with two attached hydrogens (primary N) is 1. The lowest BCUT2D eigenvalue weighted by Gasteiger charge is -2.24. The highest BCUT2D eigenvalue weighted by Crippen LogP contribution is 2.14. The van der Waals surface area contributed by atoms with Crippen molar-refractivity contribution in [1.29, 1.82) is 0 Å². The second-order valence-corrected chi connectivity index (χ2v) is 5.46. The lowest BCUT2D eigenvalue weighted by Crippen LogP contribution is -2.47. The van der Waals surface area contributed by atoms with E-state index in [1.807, 2.05) is 25.1 Å². The van der Waals surface area contributed by atoms with E-state index in [-0.39, 0.29) is 0 Å². The molecule has 0 aliphatic heterocycles. The molecule has 1 aromatic carbocycles. The topological polar surface area (TPSA) is 66.6 Å². The molecule has 0 spiro atoms. The van der Waals surface area contributed by atoms with Crippen molar-refractivity contribution in [2.75, 3.05) is 20.1 Å². The van der Waals surface area contributed by atoms with Gasteiger partial charge < -0.3 is 15.7 Å². The number of carboxylic acids is 1. The number of carbonyl (C=O) groups is 1. The van der Waals surface area contributed by atoms with Crippen molar-refractivity contribution in [2.24, 2.45) is 5.73 Å². The van der Waals surface area contributed by atoms with Gasteiger partial charge in [0, 0.05) is 6.54 Å². The highest BCUT2D eigenvalue weighted by molar-refractivity contribution is 5.78. The Morgan fingerprint density at radius 2 is 1.95 bits per heavy atom. The maximum absolute atomic E-state index is 11.1. The van der Waals surface area contributed by atoms with Crippen molar-refractivity contribution in [3.63, 3.8) is 0 Å². The van der Waals surface area contributed by atoms with Crippen molar-refractivity contribution in [2.45, 2.75) is 38.1 Å². The molecule has 4 heteroatoms. The monoisotopic (exact) mass is 278 g/mol. The zero-order valence-corrected chi connectivity index (χ0v) is 12.5. The molecule has 1 aromatic rings. The average Bonchev–Trinajstić information content (AvgIpc) is 2.45. The van der Waals surface area contributed by atoms with Crippen LogP contribution in [0.5, 0.6) is 0 Å². The number of carboxylic acid groups (broad SMARTS) is 1. The van der Waals surface area contributed by atoms with Crippen LogP contribution in [-0.4, -0.2) is 41.7 Å². The maximum atomic E-state index is 11.1. The molecular formula is C16H26N2O2. The van der Waals surface area contributed by atoms with Crippen molar-refractivity contribution in [3.8, 4) is 0 Å². The van der Waals surface area contributed by atoms with Crippen LogP contribution in [0, 0.1) is 0 Å². The van der Waals surface area contributed by atoms with E-state index in [0.717, 1.165) is 25.9 Å². The number of hydrogen-bond donors (Lipinski definition) is 2. The lowest BCUT2D eigenvalue weighted by atomic mass is 9.92. The highest BCUT2D eigenvalue weighted by atomic mass is 16.4. The Hall–Kier alpha value is -1.39. The quantitative estimate of drug-likeness (QED) is 0.726. The first kappa shape index (κ1) is 16.7. The second-order valence-electron chi connectivity index (χ2n) is 5.46. The minimum Gasteiger partial charge on any atom is -0.480 e. The smallest absolute Gasteiger partial charge is 0.323 e. The normalized spacial score (nSPS) is 14.2. The standard InChI is InChI=1S/C16H26N2O2/c1-3-16(17,15(19)20)11-7-12-18(2)13-10-14-8-5-4-6-9-14/h4-6,8-9H,3,7,10-13,17H2,1-2H3,(H,19,20). The first-order valence-electron chi connectivity index (χ1n) is 7.22. The largest absolute Gasteiger partial charge is 0.480 e. The molecular weight excluding hydrogens is 252 g/mol. The van der Waals surface area contributed by atoms with Crippen LogP contribution >= 0.6 is 0 Å². The summed E-state index contributed by atoms with van der Waals surface area (Å²) in [6.07, 6.45) is 2.81. The lowest BCUT2D eigenvalue weighted by molar-refractivity contribution is -0.143. The number of hydrogen-bond acceptors (Lipinski definition) is 3. The molecule has 3 N–H and O–H groups in total. The number of rotatable bonds is 9. The van der Waals surface area contributed by atoms with Gasteiger partial charge in [-0.3, -0.25) is 4.79 Å². The minimum atomic E-state index is -1.07. The van der Waals surface area contributed by atoms with E-state index in [1.54, 1.807) is 0 Å². The van der Waals surface area contributed by atoms with Crippen molar-refractivity contribution >= 4 is 5.97 Å². The summed E-state index contributed by atoms with van der Waals surface area (Å²) in [7, 11) is 2.06. The van der Waals surface area contributed by atoms with Crippen LogP contribution in [-0.2, 0) is 11.2 Å². The van der Waals surface area contributed by atoms with Gasteiger partial charge in [0.25, 0.3) is 0 Å². The predicted molar refractivity (Wildman–Crippen MR) is 81.7 cm³/mol. The van der Waals surface area contributed by atoms with Gasteiger partial charge in [0.05, 0.1) is 0 Å². The molecule has 1 atom stereocenters. The molecule has 0 saturated heterocycles. The summed E-state index contributed by atoms with van der Waals surface area (Å²) in [5.41, 5.74) is 6.13. The van der Waals surface area contributed by atoms with Gasteiger partial charge in [-0.25, -0.2) is 0 Å². The number of benzene rings is 1. The van der Waals surface area contributed by atoms with Gasteiger partial charge in [0.2, 0.25) is 0 Å². The summed E-state index contributed by atoms with van der Waals surface area (Å²) < 4.78 is 0. The highest BCUT2D eigenvalue weighted by Gasteiger charge is 2.30. The maximum Gasteiger partial charge on any atom is 0.323 e. The Kier molecular flexibility index (Phi) is 6.68. The summed E-state index contributed by atoms with van der Waals surface area (Å²) in [6.45, 7) is 3.67. The van der Waals surface area contributed by atoms with Crippen LogP contribution < -0.4 is 5.73 Å². The third-order valence-electron chi connectivity index (χ3n) is 3.84. The molecule has 20 heavy (non-hydrogen) atoms. The van der Waals surface area contributed by atoms with Crippen LogP contribution in [0.3, 0.4) is 0 Å². The van der Waals surface area contributed by atoms with E-state index in [0.29, 0.717) is 12.8 Å². The summed E-state index contributed by atoms with van der Waals surface area (Å²) in [5.74, 6) is -0.896. The molecule has 4 nitrogen and oxygen atoms in total. The first-order chi connectivity index (χ1) is 9.48. The Morgan fingerprint density at radius 3 is 2.50 bits per heavy atom. The molecule has 0 radical (unpaired) electrons. The van der Waals surface area contributed by atoms with Gasteiger partial charge in [0.15, 0.2) is 0 Å². The zero-order chi connectivity index (χ0) is 15.0. The van der Waals surface area contributed by atoms with E-state index in [4.69, 9.17) is 10.8 Å². The van der Waals surface area contributed by atoms with Crippen LogP contribution in [0.4, 0.5) is 0 Å². The van der Waals surface area contributed by atoms with E-state index in [2.05, 4.69) is 24.1 Å². The van der Waals surface area contributed by atoms with Crippen LogP contribution in [0.25, 0.3) is 0 Å². The Labute approximate surface area is 121 Å². The van der Waals surface area contributed by atoms with Gasteiger partial charge in [-0.15, -0.1) is 0 Å². The van der Waals surface area contributed by atoms with E-state index < -0.39 is 11.5 Å². The molecule has 1 rings (SSSR count). The zero-order valence-electron chi connectivity index (χ0n) is 12.5. The number of aliphatic carboxylic acids is 1. The number of nitrogens with zero attached hydrogens (tertiary/aromatic N) is 1. The summed E-state index contributed by atoms with van der Waals surface area (Å²) in [6, 6.07) is 10.4. The summed E-state index contributed by atoms with van der Waals surface area (Å²) in [4.78, 5) is 13.3. The third-order valence-corrected chi connectivity index (χ3v) is 3.84. The molecule has 0 bridgehead atoms. The molecule has 0 heterocycles. The molecule has 0 aliphatic carbocycles. The summed E-state index contributed by atoms with van der Waals surface area (Å²) in [5, 5.41) is 9.11. The van der Waals surface area contributed by atoms with Crippen LogP contribution in [0.2, 0.25) is 0 Å². The molecule has 0 amide bonds. The molecule has 0 fully saturated rings. The first-order valence-corrected chi connectivity index (χ1v) is 7.22. The Balaban J connectivity index is 2.26. The minimum absolute atomic E-state index is 0.468. The van der Waals surface area contributed by atoms with Gasteiger partial charge >= 0.3 is 5.97 Å². The Morgan fingerprint density at radius 1 is 1.30 bits per heavy atom. The second kappa shape index (κ2) is 8.02. The van der Waals surface area contributed by atoms with Crippen molar-refractivity contribution in [3.05, 3.63) is 35.9 Å². The van der Waals surface area contributed by atoms with Gasteiger partial charge in [-0.2, -0.15) is 0 Å². The fourth-order valence-corrected chi connectivity index (χ4v) is 2.18. The fourth-order valence-electron chi connectivity index (χ4n) is 2.18. The summed E-state index contributed by atoms with van der Waals surface area (Å²) >= 11 is 0. The van der Waals surface area contributed by atoms with Crippen LogP contribution in [0.1, 0.15) is 31.7 Å². The molecule has 0 aromatic heterocycles. The van der Waals surface area contributed by atoms with Gasteiger partial charge in [0.1, 0.15) is 5.54 Å². The van der Waals surface area contributed by atoms with E-state index in [9.17, 15) is 4.79 Å². The SMILES string of the molecule is CCC(N)(CCCN(C)CCc1ccccc1)C(=O)O. The van der Waals surface area contributed by atoms with Crippen molar-refractivity contribution < 1.29 is 9.90 Å². The third kappa shape index (κ3) is 5.31. The average molecular weight is 278 g/mol. The molecule has 0 saturated carbocycles. The van der Waals surface area contributed by atoms with Gasteiger partial charge in [-0.05, 0) is 44.8 Å². The van der Waals surface area contributed by atoms with E-state index >= 15 is 0 Å². The number of likely N-dealkylation sites (N-methyl/N-ethyl adjacent to an activating group) is 1.